The summed E-state index contributed by atoms with van der Waals surface area (Å²) in [4.78, 5) is -0.187. The number of rotatable bonds is 6. The number of nitrogens with zero attached hydrogens (tertiary/aromatic N) is 4. The Bertz CT molecular complexity index is 663. The lowest BCUT2D eigenvalue weighted by atomic mass is 9.99. The van der Waals surface area contributed by atoms with Gasteiger partial charge in [-0.1, -0.05) is 0 Å². The summed E-state index contributed by atoms with van der Waals surface area (Å²) in [6, 6.07) is 2.05. The summed E-state index contributed by atoms with van der Waals surface area (Å²) in [6.45, 7) is 0.906. The van der Waals surface area contributed by atoms with Gasteiger partial charge in [-0.3, -0.25) is 4.68 Å². The fraction of sp³-hybridized carbons (Fsp3) is 0.667. The maximum absolute atomic E-state index is 12.5. The molecule has 0 unspecified atom stereocenters. The maximum atomic E-state index is 12.5. The molecule has 0 amide bonds. The average Bonchev–Trinajstić information content (AvgIpc) is 3.17. The van der Waals surface area contributed by atoms with Crippen LogP contribution >= 0.6 is 0 Å². The Labute approximate surface area is 122 Å². The molecule has 0 aromatic carbocycles. The van der Waals surface area contributed by atoms with Gasteiger partial charge < -0.3 is 0 Å². The quantitative estimate of drug-likeness (QED) is 0.795. The van der Waals surface area contributed by atoms with Gasteiger partial charge >= 0.3 is 0 Å². The lowest BCUT2D eigenvalue weighted by molar-refractivity contribution is 0.121. The highest BCUT2D eigenvalue weighted by atomic mass is 32.2. The highest BCUT2D eigenvalue weighted by molar-refractivity contribution is 7.89. The molecule has 0 radical (unpaired) electrons. The molecule has 1 aromatic heterocycles. The van der Waals surface area contributed by atoms with Crippen LogP contribution in [0.2, 0.25) is 0 Å². The molecule has 0 spiro atoms. The number of alkyl halides is 2. The summed E-state index contributed by atoms with van der Waals surface area (Å²) >= 11 is 0. The summed E-state index contributed by atoms with van der Waals surface area (Å²) < 4.78 is 51.5. The third-order valence-electron chi connectivity index (χ3n) is 3.85. The Morgan fingerprint density at radius 3 is 2.71 bits per heavy atom. The molecule has 21 heavy (non-hydrogen) atoms. The predicted octanol–water partition coefficient (Wildman–Crippen LogP) is 1.46. The standard InChI is InChI=1S/C12H16F2N4O2S/c1-12(8-15,9-3-4-9)17(2)21(19,20)10-5-16-18(6-10)7-11(13)14/h5-6,9,11H,3-4,7H2,1-2H3/t12-/m0/s1. The van der Waals surface area contributed by atoms with Gasteiger partial charge in [-0.25, -0.2) is 17.2 Å². The second-order valence-corrected chi connectivity index (χ2v) is 7.26. The van der Waals surface area contributed by atoms with Crippen LogP contribution in [0, 0.1) is 17.2 Å². The van der Waals surface area contributed by atoms with E-state index >= 15 is 0 Å². The predicted molar refractivity (Wildman–Crippen MR) is 69.9 cm³/mol. The minimum absolute atomic E-state index is 0.00150. The molecular weight excluding hydrogens is 302 g/mol. The van der Waals surface area contributed by atoms with Gasteiger partial charge in [0.1, 0.15) is 17.0 Å². The second-order valence-electron chi connectivity index (χ2n) is 5.30. The molecule has 1 aromatic rings. The molecule has 1 aliphatic rings. The lowest BCUT2D eigenvalue weighted by Gasteiger charge is -2.31. The molecule has 0 bridgehead atoms. The number of aromatic nitrogens is 2. The average molecular weight is 318 g/mol. The minimum Gasteiger partial charge on any atom is -0.266 e. The molecule has 1 atom stereocenters. The van der Waals surface area contributed by atoms with Gasteiger partial charge in [-0.15, -0.1) is 0 Å². The zero-order valence-electron chi connectivity index (χ0n) is 11.7. The molecule has 6 nitrogen and oxygen atoms in total. The van der Waals surface area contributed by atoms with Crippen LogP contribution in [0.1, 0.15) is 19.8 Å². The molecule has 2 rings (SSSR count). The van der Waals surface area contributed by atoms with Gasteiger partial charge in [0.15, 0.2) is 0 Å². The van der Waals surface area contributed by atoms with Gasteiger partial charge in [0.2, 0.25) is 10.0 Å². The van der Waals surface area contributed by atoms with Gasteiger partial charge in [0, 0.05) is 13.2 Å². The van der Waals surface area contributed by atoms with Crippen LogP contribution < -0.4 is 0 Å². The van der Waals surface area contributed by atoms with Crippen molar-refractivity contribution in [3.05, 3.63) is 12.4 Å². The van der Waals surface area contributed by atoms with Crippen molar-refractivity contribution in [3.63, 3.8) is 0 Å². The Morgan fingerprint density at radius 1 is 1.62 bits per heavy atom. The maximum Gasteiger partial charge on any atom is 0.257 e. The van der Waals surface area contributed by atoms with E-state index in [0.29, 0.717) is 0 Å². The van der Waals surface area contributed by atoms with Crippen molar-refractivity contribution in [2.24, 2.45) is 5.92 Å². The molecule has 9 heteroatoms. The van der Waals surface area contributed by atoms with Crippen molar-refractivity contribution in [2.75, 3.05) is 7.05 Å². The normalized spacial score (nSPS) is 18.7. The van der Waals surface area contributed by atoms with E-state index in [9.17, 15) is 22.5 Å². The zero-order valence-corrected chi connectivity index (χ0v) is 12.5. The smallest absolute Gasteiger partial charge is 0.257 e. The van der Waals surface area contributed by atoms with Gasteiger partial charge in [-0.2, -0.15) is 14.7 Å². The first-order valence-corrected chi connectivity index (χ1v) is 7.86. The SMILES string of the molecule is CN([C@@](C)(C#N)C1CC1)S(=O)(=O)c1cnn(CC(F)F)c1. The molecule has 1 saturated carbocycles. The van der Waals surface area contributed by atoms with Gasteiger partial charge in [0.25, 0.3) is 6.43 Å². The number of sulfonamides is 1. The van der Waals surface area contributed by atoms with E-state index in [4.69, 9.17) is 0 Å². The number of hydrogen-bond acceptors (Lipinski definition) is 4. The minimum atomic E-state index is -3.95. The summed E-state index contributed by atoms with van der Waals surface area (Å²) in [6.07, 6.45) is 1.07. The first-order chi connectivity index (χ1) is 9.71. The van der Waals surface area contributed by atoms with E-state index < -0.39 is 28.5 Å². The summed E-state index contributed by atoms with van der Waals surface area (Å²) in [5, 5.41) is 12.9. The van der Waals surface area contributed by atoms with Gasteiger partial charge in [-0.05, 0) is 25.7 Å². The zero-order chi connectivity index (χ0) is 15.8. The largest absolute Gasteiger partial charge is 0.266 e. The summed E-state index contributed by atoms with van der Waals surface area (Å²) in [5.41, 5.74) is -1.14. The molecule has 1 heterocycles. The van der Waals surface area contributed by atoms with Crippen LogP contribution in [0.25, 0.3) is 0 Å². The van der Waals surface area contributed by atoms with Gasteiger partial charge in [0.05, 0.1) is 12.3 Å². The van der Waals surface area contributed by atoms with Crippen LogP contribution in [-0.2, 0) is 16.6 Å². The highest BCUT2D eigenvalue weighted by Gasteiger charge is 2.49. The van der Waals surface area contributed by atoms with Crippen molar-refractivity contribution in [3.8, 4) is 6.07 Å². The van der Waals surface area contributed by atoms with E-state index in [-0.39, 0.29) is 10.8 Å². The Balaban J connectivity index is 2.29. The number of nitriles is 1. The number of hydrogen-bond donors (Lipinski definition) is 0. The fourth-order valence-corrected chi connectivity index (χ4v) is 3.63. The first kappa shape index (κ1) is 15.9. The van der Waals surface area contributed by atoms with Crippen LogP contribution in [0.4, 0.5) is 8.78 Å². The van der Waals surface area contributed by atoms with E-state index in [0.717, 1.165) is 34.2 Å². The van der Waals surface area contributed by atoms with E-state index in [1.54, 1.807) is 6.92 Å². The van der Waals surface area contributed by atoms with Crippen molar-refractivity contribution < 1.29 is 17.2 Å². The molecule has 0 aliphatic heterocycles. The van der Waals surface area contributed by atoms with Crippen molar-refractivity contribution in [1.82, 2.24) is 14.1 Å². The highest BCUT2D eigenvalue weighted by Crippen LogP contribution is 2.43. The Hall–Kier alpha value is -1.53. The number of halogens is 2. The molecule has 1 aliphatic carbocycles. The first-order valence-electron chi connectivity index (χ1n) is 6.42. The monoisotopic (exact) mass is 318 g/mol. The second kappa shape index (κ2) is 5.35. The molecular formula is C12H16F2N4O2S. The van der Waals surface area contributed by atoms with E-state index in [1.165, 1.54) is 7.05 Å². The third kappa shape index (κ3) is 2.91. The third-order valence-corrected chi connectivity index (χ3v) is 5.75. The topological polar surface area (TPSA) is 79.0 Å². The van der Waals surface area contributed by atoms with Crippen LogP contribution in [0.15, 0.2) is 17.3 Å². The molecule has 0 N–H and O–H groups in total. The Morgan fingerprint density at radius 2 is 2.24 bits per heavy atom. The van der Waals surface area contributed by atoms with Crippen molar-refractivity contribution in [1.29, 1.82) is 5.26 Å². The summed E-state index contributed by atoms with van der Waals surface area (Å²) in [5.74, 6) is -0.00150. The lowest BCUT2D eigenvalue weighted by Crippen LogP contribution is -2.47. The van der Waals surface area contributed by atoms with Crippen molar-refractivity contribution >= 4 is 10.0 Å². The van der Waals surface area contributed by atoms with Crippen LogP contribution in [-0.4, -0.2) is 41.5 Å². The van der Waals surface area contributed by atoms with E-state index in [1.807, 2.05) is 0 Å². The Kier molecular flexibility index (Phi) is 4.04. The van der Waals surface area contributed by atoms with E-state index in [2.05, 4.69) is 11.2 Å². The molecule has 1 fully saturated rings. The fourth-order valence-electron chi connectivity index (χ4n) is 2.19. The van der Waals surface area contributed by atoms with Crippen molar-refractivity contribution in [2.45, 2.75) is 43.2 Å². The van der Waals surface area contributed by atoms with Crippen LogP contribution in [0.5, 0.6) is 0 Å². The van der Waals surface area contributed by atoms with Crippen LogP contribution in [0.3, 0.4) is 0 Å². The molecule has 0 saturated heterocycles. The summed E-state index contributed by atoms with van der Waals surface area (Å²) in [7, 11) is -2.61. The molecule has 116 valence electrons.